The van der Waals surface area contributed by atoms with Gasteiger partial charge in [0.1, 0.15) is 11.7 Å². The van der Waals surface area contributed by atoms with Gasteiger partial charge in [-0.1, -0.05) is 0 Å². The number of amidine groups is 1. The average Bonchev–Trinajstić information content (AvgIpc) is 2.47. The van der Waals surface area contributed by atoms with Gasteiger partial charge in [-0.05, 0) is 6.07 Å². The quantitative estimate of drug-likeness (QED) is 0.564. The van der Waals surface area contributed by atoms with E-state index in [1.54, 1.807) is 4.90 Å². The number of alkyl halides is 3. The largest absolute Gasteiger partial charge is 0.417 e. The van der Waals surface area contributed by atoms with Crippen molar-refractivity contribution in [3.63, 3.8) is 0 Å². The molecule has 0 amide bonds. The fourth-order valence-electron chi connectivity index (χ4n) is 2.06. The van der Waals surface area contributed by atoms with Crippen molar-refractivity contribution in [2.45, 2.75) is 6.18 Å². The normalized spacial score (nSPS) is 16.7. The van der Waals surface area contributed by atoms with Gasteiger partial charge in [-0.3, -0.25) is 5.41 Å². The molecule has 1 aliphatic heterocycles. The third-order valence-electron chi connectivity index (χ3n) is 3.19. The molecule has 6 nitrogen and oxygen atoms in total. The summed E-state index contributed by atoms with van der Waals surface area (Å²) >= 11 is 0. The second-order valence-electron chi connectivity index (χ2n) is 4.74. The number of pyridine rings is 1. The molecule has 2 rings (SSSR count). The van der Waals surface area contributed by atoms with E-state index in [-0.39, 0.29) is 22.9 Å². The summed E-state index contributed by atoms with van der Waals surface area (Å²) in [4.78, 5) is 5.32. The first-order valence-electron chi connectivity index (χ1n) is 6.50. The average molecular weight is 315 g/mol. The molecule has 5 N–H and O–H groups in total. The zero-order chi connectivity index (χ0) is 16.3. The van der Waals surface area contributed by atoms with Gasteiger partial charge in [0.05, 0.1) is 18.8 Å². The molecule has 0 radical (unpaired) electrons. The monoisotopic (exact) mass is 315 g/mol. The molecular weight excluding hydrogens is 299 g/mol. The highest BCUT2D eigenvalue weighted by molar-refractivity contribution is 5.97. The number of morpholine rings is 1. The molecule has 1 fully saturated rings. The van der Waals surface area contributed by atoms with E-state index < -0.39 is 11.7 Å². The Morgan fingerprint density at radius 2 is 2.00 bits per heavy atom. The number of nitrogens with zero attached hydrogens (tertiary/aromatic N) is 2. The maximum Gasteiger partial charge on any atom is 0.417 e. The molecule has 1 saturated heterocycles. The van der Waals surface area contributed by atoms with Gasteiger partial charge >= 0.3 is 6.18 Å². The molecule has 0 saturated carbocycles. The van der Waals surface area contributed by atoms with E-state index in [2.05, 4.69) is 4.98 Å². The van der Waals surface area contributed by atoms with Crippen LogP contribution in [0, 0.1) is 5.41 Å². The SMILES string of the molecule is N=C(C=C(N)c1cnc(N)cc1C(F)(F)F)N1CCOCC1. The summed E-state index contributed by atoms with van der Waals surface area (Å²) in [6.07, 6.45) is -2.45. The van der Waals surface area contributed by atoms with E-state index >= 15 is 0 Å². The molecule has 0 aliphatic carbocycles. The van der Waals surface area contributed by atoms with Crippen molar-refractivity contribution in [3.8, 4) is 0 Å². The van der Waals surface area contributed by atoms with Crippen molar-refractivity contribution < 1.29 is 17.9 Å². The van der Waals surface area contributed by atoms with Crippen LogP contribution in [-0.2, 0) is 10.9 Å². The molecule has 1 aromatic heterocycles. The Bertz CT molecular complexity index is 594. The summed E-state index contributed by atoms with van der Waals surface area (Å²) in [5.41, 5.74) is 9.59. The predicted molar refractivity (Wildman–Crippen MR) is 75.9 cm³/mol. The van der Waals surface area contributed by atoms with Gasteiger partial charge < -0.3 is 21.1 Å². The van der Waals surface area contributed by atoms with Gasteiger partial charge in [0, 0.05) is 36.6 Å². The highest BCUT2D eigenvalue weighted by Crippen LogP contribution is 2.34. The molecule has 0 aromatic carbocycles. The summed E-state index contributed by atoms with van der Waals surface area (Å²) in [6, 6.07) is 0.731. The number of nitrogens with one attached hydrogen (secondary N) is 1. The van der Waals surface area contributed by atoms with Crippen LogP contribution in [0.3, 0.4) is 0 Å². The summed E-state index contributed by atoms with van der Waals surface area (Å²) < 4.78 is 44.3. The van der Waals surface area contributed by atoms with Gasteiger partial charge in [0.25, 0.3) is 0 Å². The zero-order valence-corrected chi connectivity index (χ0v) is 11.7. The summed E-state index contributed by atoms with van der Waals surface area (Å²) in [6.45, 7) is 1.92. The number of aromatic nitrogens is 1. The highest BCUT2D eigenvalue weighted by Gasteiger charge is 2.34. The number of rotatable bonds is 2. The van der Waals surface area contributed by atoms with Crippen molar-refractivity contribution in [3.05, 3.63) is 29.5 Å². The first-order chi connectivity index (χ1) is 10.3. The molecule has 9 heteroatoms. The van der Waals surface area contributed by atoms with Gasteiger partial charge in [0.15, 0.2) is 0 Å². The Kier molecular flexibility index (Phi) is 4.55. The van der Waals surface area contributed by atoms with Crippen LogP contribution < -0.4 is 11.5 Å². The topological polar surface area (TPSA) is 101 Å². The molecule has 0 atom stereocenters. The predicted octanol–water partition coefficient (Wildman–Crippen LogP) is 1.29. The van der Waals surface area contributed by atoms with Crippen LogP contribution in [0.15, 0.2) is 18.3 Å². The van der Waals surface area contributed by atoms with Crippen LogP contribution in [0.4, 0.5) is 19.0 Å². The second kappa shape index (κ2) is 6.22. The third-order valence-corrected chi connectivity index (χ3v) is 3.19. The number of hydrogen-bond donors (Lipinski definition) is 3. The molecule has 0 spiro atoms. The molecule has 0 bridgehead atoms. The van der Waals surface area contributed by atoms with Crippen LogP contribution in [0.1, 0.15) is 11.1 Å². The summed E-state index contributed by atoms with van der Waals surface area (Å²) in [5, 5.41) is 7.92. The van der Waals surface area contributed by atoms with Crippen LogP contribution in [0.5, 0.6) is 0 Å². The Balaban J connectivity index is 2.30. The lowest BCUT2D eigenvalue weighted by Crippen LogP contribution is -2.39. The standard InChI is InChI=1S/C13H16F3N5O/c14-13(15,16)9-5-11(18)20-7-8(9)10(17)6-12(19)21-1-3-22-4-2-21/h5-7,19H,1-4,17H2,(H2,18,20). The second-order valence-corrected chi connectivity index (χ2v) is 4.74. The minimum atomic E-state index is -4.61. The van der Waals surface area contributed by atoms with Crippen LogP contribution in [0.2, 0.25) is 0 Å². The van der Waals surface area contributed by atoms with Crippen molar-refractivity contribution in [2.75, 3.05) is 32.0 Å². The van der Waals surface area contributed by atoms with E-state index in [0.717, 1.165) is 12.3 Å². The lowest BCUT2D eigenvalue weighted by atomic mass is 10.1. The van der Waals surface area contributed by atoms with Crippen LogP contribution >= 0.6 is 0 Å². The van der Waals surface area contributed by atoms with E-state index in [0.29, 0.717) is 26.3 Å². The van der Waals surface area contributed by atoms with E-state index in [1.807, 2.05) is 0 Å². The van der Waals surface area contributed by atoms with Crippen molar-refractivity contribution in [1.29, 1.82) is 5.41 Å². The number of anilines is 1. The fraction of sp³-hybridized carbons (Fsp3) is 0.385. The number of nitrogen functional groups attached to an aromatic ring is 1. The van der Waals surface area contributed by atoms with E-state index in [1.165, 1.54) is 6.08 Å². The zero-order valence-electron chi connectivity index (χ0n) is 11.7. The minimum absolute atomic E-state index is 0.0331. The van der Waals surface area contributed by atoms with E-state index in [9.17, 15) is 13.2 Å². The lowest BCUT2D eigenvalue weighted by molar-refractivity contribution is -0.137. The number of halogens is 3. The number of hydrogen-bond acceptors (Lipinski definition) is 5. The van der Waals surface area contributed by atoms with Gasteiger partial charge in [0.2, 0.25) is 0 Å². The maximum atomic E-state index is 13.0. The van der Waals surface area contributed by atoms with Gasteiger partial charge in [-0.25, -0.2) is 4.98 Å². The highest BCUT2D eigenvalue weighted by atomic mass is 19.4. The van der Waals surface area contributed by atoms with Crippen LogP contribution in [0.25, 0.3) is 5.70 Å². The summed E-state index contributed by atoms with van der Waals surface area (Å²) in [7, 11) is 0. The Hall–Kier alpha value is -2.29. The molecule has 2 heterocycles. The van der Waals surface area contributed by atoms with Gasteiger partial charge in [-0.15, -0.1) is 0 Å². The molecule has 120 valence electrons. The van der Waals surface area contributed by atoms with Gasteiger partial charge in [-0.2, -0.15) is 13.2 Å². The van der Waals surface area contributed by atoms with Crippen molar-refractivity contribution >= 4 is 17.4 Å². The maximum absolute atomic E-state index is 13.0. The first kappa shape index (κ1) is 16.1. The Morgan fingerprint density at radius 1 is 1.36 bits per heavy atom. The van der Waals surface area contributed by atoms with E-state index in [4.69, 9.17) is 21.6 Å². The van der Waals surface area contributed by atoms with Crippen molar-refractivity contribution in [1.82, 2.24) is 9.88 Å². The lowest BCUT2D eigenvalue weighted by Gasteiger charge is -2.28. The smallest absolute Gasteiger partial charge is 0.398 e. The first-order valence-corrected chi connectivity index (χ1v) is 6.50. The fourth-order valence-corrected chi connectivity index (χ4v) is 2.06. The molecule has 22 heavy (non-hydrogen) atoms. The Morgan fingerprint density at radius 3 is 2.59 bits per heavy atom. The minimum Gasteiger partial charge on any atom is -0.398 e. The van der Waals surface area contributed by atoms with Crippen LogP contribution in [-0.4, -0.2) is 42.0 Å². The number of nitrogens with two attached hydrogens (primary N) is 2. The summed E-state index contributed by atoms with van der Waals surface area (Å²) in [5.74, 6) is -0.210. The third kappa shape index (κ3) is 3.67. The molecule has 1 aliphatic rings. The Labute approximate surface area is 125 Å². The van der Waals surface area contributed by atoms with Crippen molar-refractivity contribution in [2.24, 2.45) is 5.73 Å². The molecular formula is C13H16F3N5O. The molecule has 0 unspecified atom stereocenters. The molecule has 1 aromatic rings. The number of ether oxygens (including phenoxy) is 1.